The maximum atomic E-state index is 12.0. The molecular weight excluding hydrogens is 280 g/mol. The molecule has 3 rings (SSSR count). The third-order valence-electron chi connectivity index (χ3n) is 3.92. The zero-order valence-electron chi connectivity index (χ0n) is 12.4. The van der Waals surface area contributed by atoms with Crippen molar-refractivity contribution in [1.82, 2.24) is 15.5 Å². The molecule has 1 aromatic carbocycles. The molecule has 0 saturated heterocycles. The third-order valence-corrected chi connectivity index (χ3v) is 3.92. The van der Waals surface area contributed by atoms with Crippen LogP contribution in [0.2, 0.25) is 0 Å². The minimum atomic E-state index is -0.321. The zero-order valence-corrected chi connectivity index (χ0v) is 12.4. The van der Waals surface area contributed by atoms with Crippen molar-refractivity contribution in [2.75, 3.05) is 18.0 Å². The van der Waals surface area contributed by atoms with Crippen LogP contribution in [0.5, 0.6) is 0 Å². The highest BCUT2D eigenvalue weighted by Crippen LogP contribution is 2.28. The molecule has 1 aliphatic heterocycles. The summed E-state index contributed by atoms with van der Waals surface area (Å²) in [6.07, 6.45) is 1.04. The number of aromatic nitrogens is 2. The molecule has 6 heteroatoms. The molecule has 0 fully saturated rings. The van der Waals surface area contributed by atoms with E-state index in [-0.39, 0.29) is 23.2 Å². The first kappa shape index (κ1) is 14.3. The molecule has 2 N–H and O–H groups in total. The summed E-state index contributed by atoms with van der Waals surface area (Å²) in [5.41, 5.74) is 2.49. The molecule has 0 aliphatic carbocycles. The van der Waals surface area contributed by atoms with Gasteiger partial charge in [-0.25, -0.2) is 5.10 Å². The quantitative estimate of drug-likeness (QED) is 0.881. The summed E-state index contributed by atoms with van der Waals surface area (Å²) in [5, 5.41) is 8.85. The van der Waals surface area contributed by atoms with Crippen molar-refractivity contribution >= 4 is 11.6 Å². The predicted octanol–water partition coefficient (Wildman–Crippen LogP) is 0.951. The monoisotopic (exact) mass is 298 g/mol. The molecular formula is C16H18N4O2. The number of nitrogens with zero attached hydrogens (tertiary/aromatic N) is 2. The molecule has 1 unspecified atom stereocenters. The molecule has 0 saturated carbocycles. The maximum absolute atomic E-state index is 12.0. The molecule has 1 amide bonds. The van der Waals surface area contributed by atoms with Crippen LogP contribution in [0.3, 0.4) is 0 Å². The molecule has 1 aromatic heterocycles. The molecule has 0 bridgehead atoms. The Morgan fingerprint density at radius 3 is 2.95 bits per heavy atom. The second kappa shape index (κ2) is 6.01. The predicted molar refractivity (Wildman–Crippen MR) is 84.1 cm³/mol. The van der Waals surface area contributed by atoms with Crippen molar-refractivity contribution in [3.05, 3.63) is 58.0 Å². The smallest absolute Gasteiger partial charge is 0.271 e. The largest absolute Gasteiger partial charge is 0.366 e. The second-order valence-electron chi connectivity index (χ2n) is 5.44. The molecule has 2 aromatic rings. The van der Waals surface area contributed by atoms with Gasteiger partial charge in [0.05, 0.1) is 0 Å². The standard InChI is InChI=1S/C16H18N4O2/c1-11(20-9-8-12-4-2-3-5-14(12)20)10-17-16(22)13-6-7-15(21)19-18-13/h2-7,11H,8-10H2,1H3,(H,17,22)(H,19,21). The first-order valence-electron chi connectivity index (χ1n) is 7.33. The molecule has 0 radical (unpaired) electrons. The summed E-state index contributed by atoms with van der Waals surface area (Å²) in [6, 6.07) is 11.3. The Bertz CT molecular complexity index is 720. The van der Waals surface area contributed by atoms with Crippen LogP contribution in [-0.4, -0.2) is 35.2 Å². The number of hydrogen-bond donors (Lipinski definition) is 2. The van der Waals surface area contributed by atoms with Crippen molar-refractivity contribution in [1.29, 1.82) is 0 Å². The van der Waals surface area contributed by atoms with Gasteiger partial charge in [0.15, 0.2) is 0 Å². The van der Waals surface area contributed by atoms with Crippen LogP contribution in [0.1, 0.15) is 23.0 Å². The van der Waals surface area contributed by atoms with Crippen LogP contribution >= 0.6 is 0 Å². The number of para-hydroxylation sites is 1. The van der Waals surface area contributed by atoms with Crippen LogP contribution in [0.15, 0.2) is 41.2 Å². The lowest BCUT2D eigenvalue weighted by molar-refractivity contribution is 0.0945. The van der Waals surface area contributed by atoms with E-state index in [0.29, 0.717) is 6.54 Å². The number of H-pyrrole nitrogens is 1. The van der Waals surface area contributed by atoms with E-state index < -0.39 is 0 Å². The highest BCUT2D eigenvalue weighted by molar-refractivity contribution is 5.92. The van der Waals surface area contributed by atoms with Gasteiger partial charge in [0.2, 0.25) is 0 Å². The molecule has 1 aliphatic rings. The lowest BCUT2D eigenvalue weighted by Gasteiger charge is -2.27. The summed E-state index contributed by atoms with van der Waals surface area (Å²) >= 11 is 0. The van der Waals surface area contributed by atoms with Gasteiger partial charge in [0.1, 0.15) is 5.69 Å². The summed E-state index contributed by atoms with van der Waals surface area (Å²) in [7, 11) is 0. The van der Waals surface area contributed by atoms with Gasteiger partial charge in [-0.1, -0.05) is 18.2 Å². The average molecular weight is 298 g/mol. The Kier molecular flexibility index (Phi) is 3.91. The fourth-order valence-electron chi connectivity index (χ4n) is 2.73. The van der Waals surface area contributed by atoms with E-state index >= 15 is 0 Å². The SMILES string of the molecule is CC(CNC(=O)c1ccc(=O)[nH]n1)N1CCc2ccccc21. The summed E-state index contributed by atoms with van der Waals surface area (Å²) < 4.78 is 0. The van der Waals surface area contributed by atoms with Gasteiger partial charge in [-0.15, -0.1) is 0 Å². The topological polar surface area (TPSA) is 78.1 Å². The lowest BCUT2D eigenvalue weighted by atomic mass is 10.2. The number of carbonyl (C=O) groups is 1. The first-order chi connectivity index (χ1) is 10.6. The van der Waals surface area contributed by atoms with Gasteiger partial charge in [-0.2, -0.15) is 5.10 Å². The van der Waals surface area contributed by atoms with Gasteiger partial charge >= 0.3 is 0 Å². The number of aromatic amines is 1. The molecule has 2 heterocycles. The molecule has 6 nitrogen and oxygen atoms in total. The van der Waals surface area contributed by atoms with Gasteiger partial charge in [0, 0.05) is 30.9 Å². The van der Waals surface area contributed by atoms with Crippen LogP contribution in [0.25, 0.3) is 0 Å². The number of anilines is 1. The number of carbonyl (C=O) groups excluding carboxylic acids is 1. The highest BCUT2D eigenvalue weighted by atomic mass is 16.2. The zero-order chi connectivity index (χ0) is 15.5. The maximum Gasteiger partial charge on any atom is 0.271 e. The van der Waals surface area contributed by atoms with E-state index in [1.54, 1.807) is 0 Å². The molecule has 0 spiro atoms. The first-order valence-corrected chi connectivity index (χ1v) is 7.33. The number of amides is 1. The van der Waals surface area contributed by atoms with E-state index in [4.69, 9.17) is 0 Å². The van der Waals surface area contributed by atoms with E-state index in [0.717, 1.165) is 13.0 Å². The number of fused-ring (bicyclic) bond motifs is 1. The number of rotatable bonds is 4. The van der Waals surface area contributed by atoms with E-state index in [1.165, 1.54) is 23.4 Å². The van der Waals surface area contributed by atoms with Gasteiger partial charge < -0.3 is 10.2 Å². The van der Waals surface area contributed by atoms with Crippen LogP contribution in [-0.2, 0) is 6.42 Å². The van der Waals surface area contributed by atoms with E-state index in [9.17, 15) is 9.59 Å². The van der Waals surface area contributed by atoms with Crippen LogP contribution in [0.4, 0.5) is 5.69 Å². The Morgan fingerprint density at radius 1 is 1.36 bits per heavy atom. The number of nitrogens with one attached hydrogen (secondary N) is 2. The van der Waals surface area contributed by atoms with Crippen molar-refractivity contribution < 1.29 is 4.79 Å². The Labute approximate surface area is 128 Å². The van der Waals surface area contributed by atoms with E-state index in [2.05, 4.69) is 45.5 Å². The minimum Gasteiger partial charge on any atom is -0.366 e. The minimum absolute atomic E-state index is 0.190. The van der Waals surface area contributed by atoms with E-state index in [1.807, 2.05) is 6.07 Å². The van der Waals surface area contributed by atoms with Crippen LogP contribution < -0.4 is 15.8 Å². The second-order valence-corrected chi connectivity index (χ2v) is 5.44. The normalized spacial score (nSPS) is 14.5. The average Bonchev–Trinajstić information content (AvgIpc) is 2.97. The van der Waals surface area contributed by atoms with Crippen LogP contribution in [0, 0.1) is 0 Å². The Morgan fingerprint density at radius 2 is 2.18 bits per heavy atom. The fraction of sp³-hybridized carbons (Fsp3) is 0.312. The van der Waals surface area contributed by atoms with Gasteiger partial charge in [-0.3, -0.25) is 9.59 Å². The third kappa shape index (κ3) is 2.86. The molecule has 22 heavy (non-hydrogen) atoms. The number of benzene rings is 1. The highest BCUT2D eigenvalue weighted by Gasteiger charge is 2.23. The van der Waals surface area contributed by atoms with Crippen molar-refractivity contribution in [3.8, 4) is 0 Å². The van der Waals surface area contributed by atoms with Crippen molar-refractivity contribution in [2.45, 2.75) is 19.4 Å². The summed E-state index contributed by atoms with van der Waals surface area (Å²) in [5.74, 6) is -0.282. The van der Waals surface area contributed by atoms with Crippen molar-refractivity contribution in [2.24, 2.45) is 0 Å². The fourth-order valence-corrected chi connectivity index (χ4v) is 2.73. The molecule has 1 atom stereocenters. The lowest BCUT2D eigenvalue weighted by Crippen LogP contribution is -2.41. The van der Waals surface area contributed by atoms with Gasteiger partial charge in [0.25, 0.3) is 11.5 Å². The van der Waals surface area contributed by atoms with Gasteiger partial charge in [-0.05, 0) is 31.0 Å². The molecule has 114 valence electrons. The van der Waals surface area contributed by atoms with Crippen molar-refractivity contribution in [3.63, 3.8) is 0 Å². The Hall–Kier alpha value is -2.63. The summed E-state index contributed by atoms with van der Waals surface area (Å²) in [6.45, 7) is 3.57. The summed E-state index contributed by atoms with van der Waals surface area (Å²) in [4.78, 5) is 25.3. The number of hydrogen-bond acceptors (Lipinski definition) is 4. The Balaban J connectivity index is 1.61.